The molecule has 0 radical (unpaired) electrons. The highest BCUT2D eigenvalue weighted by Crippen LogP contribution is 2.35. The summed E-state index contributed by atoms with van der Waals surface area (Å²) in [7, 11) is 0. The van der Waals surface area contributed by atoms with Crippen LogP contribution in [0.25, 0.3) is 0 Å². The van der Waals surface area contributed by atoms with Gasteiger partial charge < -0.3 is 20.8 Å². The van der Waals surface area contributed by atoms with Crippen molar-refractivity contribution >= 4 is 28.7 Å². The van der Waals surface area contributed by atoms with Gasteiger partial charge in [-0.15, -0.1) is 0 Å². The number of carbonyl (C=O) groups is 1. The van der Waals surface area contributed by atoms with Gasteiger partial charge >= 0.3 is 0 Å². The van der Waals surface area contributed by atoms with Crippen molar-refractivity contribution < 1.29 is 15.0 Å². The highest BCUT2D eigenvalue weighted by molar-refractivity contribution is 6.09. The van der Waals surface area contributed by atoms with E-state index < -0.39 is 0 Å². The molecule has 4 rings (SSSR count). The molecular formula is C20H14N4O3. The van der Waals surface area contributed by atoms with E-state index in [1.165, 1.54) is 12.1 Å². The SMILES string of the molecule is N#Cc1ccc2c(c1)CC(=O)c1c(Nc3ccc(O)c(O)c3)ccnc1N2. The van der Waals surface area contributed by atoms with E-state index in [2.05, 4.69) is 21.7 Å². The van der Waals surface area contributed by atoms with Gasteiger partial charge in [0, 0.05) is 30.1 Å². The molecule has 0 amide bonds. The van der Waals surface area contributed by atoms with Crippen molar-refractivity contribution in [1.29, 1.82) is 5.26 Å². The lowest BCUT2D eigenvalue weighted by Crippen LogP contribution is -2.08. The zero-order chi connectivity index (χ0) is 19.0. The predicted octanol–water partition coefficient (Wildman–Crippen LogP) is 3.59. The summed E-state index contributed by atoms with van der Waals surface area (Å²) in [5, 5.41) is 34.4. The molecule has 7 nitrogen and oxygen atoms in total. The number of phenols is 2. The Bertz CT molecular complexity index is 1120. The summed E-state index contributed by atoms with van der Waals surface area (Å²) in [5.41, 5.74) is 3.37. The lowest BCUT2D eigenvalue weighted by atomic mass is 10.0. The average molecular weight is 358 g/mol. The van der Waals surface area contributed by atoms with Crippen LogP contribution in [0.1, 0.15) is 21.5 Å². The molecule has 1 aliphatic heterocycles. The second-order valence-electron chi connectivity index (χ2n) is 6.12. The van der Waals surface area contributed by atoms with Gasteiger partial charge in [0.2, 0.25) is 0 Å². The summed E-state index contributed by atoms with van der Waals surface area (Å²) >= 11 is 0. The van der Waals surface area contributed by atoms with Crippen molar-refractivity contribution in [2.24, 2.45) is 0 Å². The Balaban J connectivity index is 1.75. The van der Waals surface area contributed by atoms with Crippen LogP contribution in [0.5, 0.6) is 11.5 Å². The van der Waals surface area contributed by atoms with Gasteiger partial charge in [0.15, 0.2) is 17.3 Å². The van der Waals surface area contributed by atoms with Crippen LogP contribution in [0.15, 0.2) is 48.7 Å². The fourth-order valence-corrected chi connectivity index (χ4v) is 3.02. The molecule has 0 unspecified atom stereocenters. The van der Waals surface area contributed by atoms with Gasteiger partial charge in [-0.3, -0.25) is 4.79 Å². The van der Waals surface area contributed by atoms with Crippen LogP contribution in [0, 0.1) is 11.3 Å². The number of hydrogen-bond donors (Lipinski definition) is 4. The first-order valence-electron chi connectivity index (χ1n) is 8.16. The molecule has 2 aromatic carbocycles. The summed E-state index contributed by atoms with van der Waals surface area (Å²) in [6.45, 7) is 0. The maximum atomic E-state index is 12.9. The van der Waals surface area contributed by atoms with E-state index in [1.54, 1.807) is 36.5 Å². The largest absolute Gasteiger partial charge is 0.504 e. The molecule has 1 aromatic heterocycles. The molecule has 0 aliphatic carbocycles. The van der Waals surface area contributed by atoms with Gasteiger partial charge in [0.05, 0.1) is 22.9 Å². The molecule has 0 saturated carbocycles. The number of pyridine rings is 1. The molecule has 7 heteroatoms. The second-order valence-corrected chi connectivity index (χ2v) is 6.12. The first-order valence-corrected chi connectivity index (χ1v) is 8.16. The zero-order valence-electron chi connectivity index (χ0n) is 14.0. The maximum absolute atomic E-state index is 12.9. The van der Waals surface area contributed by atoms with E-state index in [0.29, 0.717) is 28.3 Å². The standard InChI is InChI=1S/C20H14N4O3/c21-10-11-1-3-14-12(7-11)8-18(27)19-15(5-6-22-20(19)24-14)23-13-2-4-16(25)17(26)9-13/h1-7,9,25-26H,8H2,(H2,22,23,24). The summed E-state index contributed by atoms with van der Waals surface area (Å²) in [6, 6.07) is 13.2. The van der Waals surface area contributed by atoms with E-state index >= 15 is 0 Å². The van der Waals surface area contributed by atoms with Gasteiger partial charge in [0.25, 0.3) is 0 Å². The molecule has 132 valence electrons. The number of carbonyl (C=O) groups excluding carboxylic acids is 1. The Labute approximate surface area is 154 Å². The zero-order valence-corrected chi connectivity index (χ0v) is 14.0. The molecule has 2 heterocycles. The second kappa shape index (κ2) is 6.35. The Hall–Kier alpha value is -4.05. The van der Waals surface area contributed by atoms with E-state index in [4.69, 9.17) is 5.26 Å². The van der Waals surface area contributed by atoms with Crippen molar-refractivity contribution in [2.75, 3.05) is 10.6 Å². The first-order chi connectivity index (χ1) is 13.0. The molecule has 0 saturated heterocycles. The molecule has 3 aromatic rings. The number of hydrogen-bond acceptors (Lipinski definition) is 7. The number of fused-ring (bicyclic) bond motifs is 2. The van der Waals surface area contributed by atoms with E-state index in [0.717, 1.165) is 11.3 Å². The molecule has 27 heavy (non-hydrogen) atoms. The molecule has 0 atom stereocenters. The third kappa shape index (κ3) is 3.00. The number of anilines is 4. The lowest BCUT2D eigenvalue weighted by Gasteiger charge is -2.14. The number of Topliss-reactive ketones (excluding diaryl/α,β-unsaturated/α-hetero) is 1. The van der Waals surface area contributed by atoms with Gasteiger partial charge in [-0.05, 0) is 42.0 Å². The van der Waals surface area contributed by atoms with Crippen LogP contribution in [0.2, 0.25) is 0 Å². The van der Waals surface area contributed by atoms with Gasteiger partial charge in [-0.25, -0.2) is 4.98 Å². The quantitative estimate of drug-likeness (QED) is 0.408. The van der Waals surface area contributed by atoms with Crippen LogP contribution in [-0.4, -0.2) is 21.0 Å². The van der Waals surface area contributed by atoms with E-state index in [9.17, 15) is 15.0 Å². The van der Waals surface area contributed by atoms with E-state index in [1.807, 2.05) is 0 Å². The Morgan fingerprint density at radius 3 is 2.74 bits per heavy atom. The van der Waals surface area contributed by atoms with Crippen LogP contribution < -0.4 is 10.6 Å². The van der Waals surface area contributed by atoms with Crippen molar-refractivity contribution in [3.05, 3.63) is 65.4 Å². The number of aromatic nitrogens is 1. The number of nitrogens with one attached hydrogen (secondary N) is 2. The monoisotopic (exact) mass is 358 g/mol. The summed E-state index contributed by atoms with van der Waals surface area (Å²) in [6.07, 6.45) is 1.70. The van der Waals surface area contributed by atoms with Crippen LogP contribution in [0.3, 0.4) is 0 Å². The van der Waals surface area contributed by atoms with Gasteiger partial charge in [0.1, 0.15) is 5.82 Å². The summed E-state index contributed by atoms with van der Waals surface area (Å²) < 4.78 is 0. The smallest absolute Gasteiger partial charge is 0.173 e. The Morgan fingerprint density at radius 1 is 1.11 bits per heavy atom. The van der Waals surface area contributed by atoms with Crippen molar-refractivity contribution in [2.45, 2.75) is 6.42 Å². The fourth-order valence-electron chi connectivity index (χ4n) is 3.02. The van der Waals surface area contributed by atoms with Gasteiger partial charge in [-0.2, -0.15) is 5.26 Å². The predicted molar refractivity (Wildman–Crippen MR) is 99.8 cm³/mol. The number of nitriles is 1. The third-order valence-electron chi connectivity index (χ3n) is 4.32. The summed E-state index contributed by atoms with van der Waals surface area (Å²) in [5.74, 6) is -0.224. The maximum Gasteiger partial charge on any atom is 0.173 e. The number of nitrogens with zero attached hydrogens (tertiary/aromatic N) is 2. The molecule has 0 fully saturated rings. The minimum absolute atomic E-state index is 0.131. The Morgan fingerprint density at radius 2 is 1.96 bits per heavy atom. The Kier molecular flexibility index (Phi) is 3.86. The topological polar surface area (TPSA) is 118 Å². The number of ketones is 1. The molecular weight excluding hydrogens is 344 g/mol. The normalized spacial score (nSPS) is 12.2. The first kappa shape index (κ1) is 16.4. The average Bonchev–Trinajstić information content (AvgIpc) is 2.80. The van der Waals surface area contributed by atoms with Crippen molar-refractivity contribution in [1.82, 2.24) is 4.98 Å². The van der Waals surface area contributed by atoms with Crippen molar-refractivity contribution in [3.63, 3.8) is 0 Å². The number of benzene rings is 2. The molecule has 0 bridgehead atoms. The lowest BCUT2D eigenvalue weighted by molar-refractivity contribution is 0.0995. The highest BCUT2D eigenvalue weighted by Gasteiger charge is 2.24. The molecule has 4 N–H and O–H groups in total. The summed E-state index contributed by atoms with van der Waals surface area (Å²) in [4.78, 5) is 17.2. The number of phenolic OH excluding ortho intramolecular Hbond substituents is 2. The molecule has 0 spiro atoms. The van der Waals surface area contributed by atoms with Crippen LogP contribution in [-0.2, 0) is 6.42 Å². The molecule has 1 aliphatic rings. The number of rotatable bonds is 2. The van der Waals surface area contributed by atoms with E-state index in [-0.39, 0.29) is 23.7 Å². The van der Waals surface area contributed by atoms with Crippen LogP contribution in [0.4, 0.5) is 22.9 Å². The fraction of sp³-hybridized carbons (Fsp3) is 0.0500. The van der Waals surface area contributed by atoms with Crippen molar-refractivity contribution in [3.8, 4) is 17.6 Å². The van der Waals surface area contributed by atoms with Gasteiger partial charge in [-0.1, -0.05) is 0 Å². The highest BCUT2D eigenvalue weighted by atomic mass is 16.3. The van der Waals surface area contributed by atoms with Crippen LogP contribution >= 0.6 is 0 Å². The number of aromatic hydroxyl groups is 2. The minimum atomic E-state index is -0.263. The third-order valence-corrected chi connectivity index (χ3v) is 4.32. The minimum Gasteiger partial charge on any atom is -0.504 e.